The Balaban J connectivity index is 2.17. The smallest absolute Gasteiger partial charge is 0.220 e. The fourth-order valence-electron chi connectivity index (χ4n) is 2.31. The van der Waals surface area contributed by atoms with Crippen molar-refractivity contribution >= 4 is 39.1 Å². The lowest BCUT2D eigenvalue weighted by Crippen LogP contribution is -2.28. The molecule has 0 radical (unpaired) electrons. The number of fused-ring (bicyclic) bond motifs is 3. The Bertz CT molecular complexity index is 610. The van der Waals surface area contributed by atoms with E-state index in [1.165, 1.54) is 11.2 Å². The maximum Gasteiger partial charge on any atom is 0.220 e. The van der Waals surface area contributed by atoms with Gasteiger partial charge in [0.05, 0.1) is 5.39 Å². The number of hydrogen-bond donors (Lipinski definition) is 1. The second kappa shape index (κ2) is 3.92. The highest BCUT2D eigenvalue weighted by atomic mass is 35.5. The number of aryl methyl sites for hydroxylation is 1. The van der Waals surface area contributed by atoms with Gasteiger partial charge in [-0.15, -0.1) is 11.3 Å². The van der Waals surface area contributed by atoms with Crippen LogP contribution in [0.3, 0.4) is 0 Å². The largest absolute Gasteiger partial charge is 0.369 e. The average Bonchev–Trinajstić information content (AvgIpc) is 2.67. The molecule has 2 aromatic heterocycles. The Morgan fingerprint density at radius 3 is 3.12 bits per heavy atom. The summed E-state index contributed by atoms with van der Waals surface area (Å²) in [7, 11) is 0. The molecule has 0 bridgehead atoms. The molecule has 4 nitrogen and oxygen atoms in total. The van der Waals surface area contributed by atoms with Crippen molar-refractivity contribution in [3.05, 3.63) is 21.9 Å². The molecule has 6 heteroatoms. The molecule has 1 aliphatic carbocycles. The third-order valence-corrected chi connectivity index (χ3v) is 4.68. The number of carbonyl (C=O) groups excluding carboxylic acids is 1. The van der Waals surface area contributed by atoms with E-state index in [0.29, 0.717) is 11.6 Å². The van der Waals surface area contributed by atoms with E-state index < -0.39 is 0 Å². The number of hydrogen-bond acceptors (Lipinski definition) is 4. The zero-order chi connectivity index (χ0) is 12.0. The first kappa shape index (κ1) is 10.9. The van der Waals surface area contributed by atoms with Crippen molar-refractivity contribution in [2.24, 2.45) is 11.7 Å². The van der Waals surface area contributed by atoms with Gasteiger partial charge in [-0.3, -0.25) is 4.79 Å². The fraction of sp³-hybridized carbons (Fsp3) is 0.364. The van der Waals surface area contributed by atoms with Crippen LogP contribution in [-0.4, -0.2) is 15.9 Å². The summed E-state index contributed by atoms with van der Waals surface area (Å²) in [5.74, 6) is -0.320. The number of aromatic nitrogens is 2. The number of nitrogens with two attached hydrogens (primary N) is 1. The molecule has 17 heavy (non-hydrogen) atoms. The van der Waals surface area contributed by atoms with E-state index >= 15 is 0 Å². The molecule has 2 N–H and O–H groups in total. The third kappa shape index (κ3) is 1.70. The van der Waals surface area contributed by atoms with Crippen molar-refractivity contribution in [2.45, 2.75) is 19.3 Å². The number of thiophene rings is 1. The van der Waals surface area contributed by atoms with E-state index in [9.17, 15) is 4.79 Å². The number of halogens is 1. The molecule has 2 aromatic rings. The van der Waals surface area contributed by atoms with Crippen LogP contribution in [-0.2, 0) is 17.6 Å². The van der Waals surface area contributed by atoms with E-state index in [2.05, 4.69) is 9.97 Å². The van der Waals surface area contributed by atoms with Gasteiger partial charge >= 0.3 is 0 Å². The maximum atomic E-state index is 11.3. The fourth-order valence-corrected chi connectivity index (χ4v) is 3.80. The van der Waals surface area contributed by atoms with Crippen LogP contribution in [0.4, 0.5) is 0 Å². The molecule has 88 valence electrons. The Labute approximate surface area is 107 Å². The number of nitrogens with zero attached hydrogens (tertiary/aromatic N) is 2. The van der Waals surface area contributed by atoms with Crippen LogP contribution in [0.15, 0.2) is 6.33 Å². The van der Waals surface area contributed by atoms with Crippen LogP contribution in [0, 0.1) is 5.92 Å². The van der Waals surface area contributed by atoms with Gasteiger partial charge in [-0.2, -0.15) is 0 Å². The Morgan fingerprint density at radius 2 is 2.35 bits per heavy atom. The first-order valence-electron chi connectivity index (χ1n) is 5.37. The summed E-state index contributed by atoms with van der Waals surface area (Å²) in [6.07, 6.45) is 3.83. The first-order chi connectivity index (χ1) is 8.16. The molecule has 0 spiro atoms. The maximum absolute atomic E-state index is 11.3. The van der Waals surface area contributed by atoms with Gasteiger partial charge in [0.2, 0.25) is 5.91 Å². The average molecular weight is 268 g/mol. The molecule has 0 aromatic carbocycles. The molecule has 0 saturated carbocycles. The Hall–Kier alpha value is -1.20. The summed E-state index contributed by atoms with van der Waals surface area (Å²) in [4.78, 5) is 21.7. The summed E-state index contributed by atoms with van der Waals surface area (Å²) in [6, 6.07) is 0. The predicted molar refractivity (Wildman–Crippen MR) is 67.1 cm³/mol. The van der Waals surface area contributed by atoms with Crippen molar-refractivity contribution in [2.75, 3.05) is 0 Å². The molecular formula is C11H10ClN3OS. The van der Waals surface area contributed by atoms with Gasteiger partial charge < -0.3 is 5.73 Å². The summed E-state index contributed by atoms with van der Waals surface area (Å²) in [5, 5.41) is 1.37. The van der Waals surface area contributed by atoms with Crippen LogP contribution < -0.4 is 5.73 Å². The number of carbonyl (C=O) groups is 1. The third-order valence-electron chi connectivity index (χ3n) is 3.20. The van der Waals surface area contributed by atoms with Crippen LogP contribution in [0.2, 0.25) is 5.15 Å². The van der Waals surface area contributed by atoms with E-state index in [0.717, 1.165) is 28.6 Å². The minimum absolute atomic E-state index is 0.0865. The molecule has 1 aliphatic rings. The molecule has 1 amide bonds. The van der Waals surface area contributed by atoms with Gasteiger partial charge in [0.25, 0.3) is 0 Å². The molecule has 0 aliphatic heterocycles. The lowest BCUT2D eigenvalue weighted by atomic mass is 9.87. The van der Waals surface area contributed by atoms with Crippen LogP contribution >= 0.6 is 22.9 Å². The van der Waals surface area contributed by atoms with Crippen LogP contribution in [0.1, 0.15) is 16.9 Å². The van der Waals surface area contributed by atoms with E-state index in [4.69, 9.17) is 17.3 Å². The topological polar surface area (TPSA) is 68.9 Å². The highest BCUT2D eigenvalue weighted by molar-refractivity contribution is 7.19. The van der Waals surface area contributed by atoms with Crippen molar-refractivity contribution < 1.29 is 4.79 Å². The molecule has 1 unspecified atom stereocenters. The molecule has 0 saturated heterocycles. The van der Waals surface area contributed by atoms with Crippen molar-refractivity contribution in [1.29, 1.82) is 0 Å². The zero-order valence-electron chi connectivity index (χ0n) is 8.94. The second-order valence-electron chi connectivity index (χ2n) is 4.19. The quantitative estimate of drug-likeness (QED) is 0.803. The normalized spacial score (nSPS) is 19.2. The summed E-state index contributed by atoms with van der Waals surface area (Å²) in [6.45, 7) is 0. The molecule has 0 fully saturated rings. The SMILES string of the molecule is NC(=O)C1CCc2sc3ncnc(Cl)c3c2C1. The zero-order valence-corrected chi connectivity index (χ0v) is 10.5. The Kier molecular flexibility index (Phi) is 2.52. The molecule has 2 heterocycles. The van der Waals surface area contributed by atoms with Crippen LogP contribution in [0.25, 0.3) is 10.2 Å². The first-order valence-corrected chi connectivity index (χ1v) is 6.56. The van der Waals surface area contributed by atoms with Crippen molar-refractivity contribution in [3.63, 3.8) is 0 Å². The van der Waals surface area contributed by atoms with E-state index in [1.54, 1.807) is 11.3 Å². The van der Waals surface area contributed by atoms with E-state index in [-0.39, 0.29) is 11.8 Å². The Morgan fingerprint density at radius 1 is 1.53 bits per heavy atom. The van der Waals surface area contributed by atoms with Crippen LogP contribution in [0.5, 0.6) is 0 Å². The minimum atomic E-state index is -0.233. The van der Waals surface area contributed by atoms with E-state index in [1.807, 2.05) is 0 Å². The van der Waals surface area contributed by atoms with Gasteiger partial charge in [-0.1, -0.05) is 11.6 Å². The lowest BCUT2D eigenvalue weighted by molar-refractivity contribution is -0.122. The van der Waals surface area contributed by atoms with Crippen molar-refractivity contribution in [1.82, 2.24) is 9.97 Å². The number of primary amides is 1. The van der Waals surface area contributed by atoms with Crippen molar-refractivity contribution in [3.8, 4) is 0 Å². The van der Waals surface area contributed by atoms with Gasteiger partial charge in [-0.05, 0) is 24.8 Å². The lowest BCUT2D eigenvalue weighted by Gasteiger charge is -2.19. The van der Waals surface area contributed by atoms with Gasteiger partial charge in [0, 0.05) is 10.8 Å². The van der Waals surface area contributed by atoms with Gasteiger partial charge in [0.15, 0.2) is 0 Å². The van der Waals surface area contributed by atoms with Gasteiger partial charge in [0.1, 0.15) is 16.3 Å². The molecular weight excluding hydrogens is 258 g/mol. The summed E-state index contributed by atoms with van der Waals surface area (Å²) in [5.41, 5.74) is 6.49. The monoisotopic (exact) mass is 267 g/mol. The second-order valence-corrected chi connectivity index (χ2v) is 5.63. The number of rotatable bonds is 1. The summed E-state index contributed by atoms with van der Waals surface area (Å²) < 4.78 is 0. The highest BCUT2D eigenvalue weighted by Crippen LogP contribution is 2.39. The summed E-state index contributed by atoms with van der Waals surface area (Å²) >= 11 is 7.74. The minimum Gasteiger partial charge on any atom is -0.369 e. The van der Waals surface area contributed by atoms with Gasteiger partial charge in [-0.25, -0.2) is 9.97 Å². The number of amides is 1. The molecule has 1 atom stereocenters. The highest BCUT2D eigenvalue weighted by Gasteiger charge is 2.27. The molecule has 3 rings (SSSR count). The predicted octanol–water partition coefficient (Wildman–Crippen LogP) is 1.93. The standard InChI is InChI=1S/C11H10ClN3OS/c12-9-8-6-3-5(10(13)16)1-2-7(6)17-11(8)15-4-14-9/h4-5H,1-3H2,(H2,13,16).